The quantitative estimate of drug-likeness (QED) is 0.471. The molecule has 0 saturated carbocycles. The Morgan fingerprint density at radius 1 is 1.10 bits per heavy atom. The smallest absolute Gasteiger partial charge is 0.338 e. The van der Waals surface area contributed by atoms with Gasteiger partial charge in [-0.3, -0.25) is 0 Å². The summed E-state index contributed by atoms with van der Waals surface area (Å²) < 4.78 is 18.5. The molecule has 0 N–H and O–H groups in total. The molecule has 0 radical (unpaired) electrons. The molecule has 160 valence electrons. The summed E-state index contributed by atoms with van der Waals surface area (Å²) in [5.41, 5.74) is 2.62. The Balaban J connectivity index is 1.83. The van der Waals surface area contributed by atoms with Gasteiger partial charge < -0.3 is 14.2 Å². The fourth-order valence-electron chi connectivity index (χ4n) is 3.09. The number of hydrogen-bond acceptors (Lipinski definition) is 6. The van der Waals surface area contributed by atoms with E-state index in [1.165, 1.54) is 0 Å². The summed E-state index contributed by atoms with van der Waals surface area (Å²) in [4.78, 5) is 12.7. The predicted molar refractivity (Wildman–Crippen MR) is 116 cm³/mol. The number of carbonyl (C=O) groups is 1. The first kappa shape index (κ1) is 21.9. The Morgan fingerprint density at radius 3 is 2.55 bits per heavy atom. The van der Waals surface area contributed by atoms with Gasteiger partial charge in [0.25, 0.3) is 0 Å². The predicted octanol–water partition coefficient (Wildman–Crippen LogP) is 4.60. The average molecular weight is 419 g/mol. The molecule has 0 spiro atoms. The molecule has 3 rings (SSSR count). The lowest BCUT2D eigenvalue weighted by Crippen LogP contribution is -2.10. The largest absolute Gasteiger partial charge is 0.490 e. The Kier molecular flexibility index (Phi) is 7.28. The molecule has 7 nitrogen and oxygen atoms in total. The number of rotatable bonds is 9. The highest BCUT2D eigenvalue weighted by Gasteiger charge is 2.19. The summed E-state index contributed by atoms with van der Waals surface area (Å²) in [5.74, 6) is 0.559. The van der Waals surface area contributed by atoms with Crippen molar-refractivity contribution in [1.82, 2.24) is 9.78 Å². The molecule has 0 amide bonds. The van der Waals surface area contributed by atoms with Crippen LogP contribution in [0.15, 0.2) is 48.5 Å². The first-order valence-electron chi connectivity index (χ1n) is 10.2. The lowest BCUT2D eigenvalue weighted by atomic mass is 10.2. The number of para-hydroxylation sites is 1. The summed E-state index contributed by atoms with van der Waals surface area (Å²) in [7, 11) is 0. The summed E-state index contributed by atoms with van der Waals surface area (Å²) in [5, 5.41) is 14.0. The van der Waals surface area contributed by atoms with E-state index in [-0.39, 0.29) is 6.61 Å². The van der Waals surface area contributed by atoms with Crippen molar-refractivity contribution in [3.05, 3.63) is 71.0 Å². The lowest BCUT2D eigenvalue weighted by Gasteiger charge is -2.13. The van der Waals surface area contributed by atoms with E-state index in [0.29, 0.717) is 47.2 Å². The molecule has 0 atom stereocenters. The van der Waals surface area contributed by atoms with Crippen LogP contribution >= 0.6 is 0 Å². The van der Waals surface area contributed by atoms with Crippen molar-refractivity contribution < 1.29 is 19.0 Å². The van der Waals surface area contributed by atoms with Crippen molar-refractivity contribution in [3.63, 3.8) is 0 Å². The SMILES string of the molecule is CCCOc1ccc(C(=O)OCc2c(C#N)c(C)nn2-c2ccccc2)cc1OCC. The van der Waals surface area contributed by atoms with Crippen LogP contribution in [0.25, 0.3) is 5.69 Å². The van der Waals surface area contributed by atoms with Crippen molar-refractivity contribution in [3.8, 4) is 23.3 Å². The average Bonchev–Trinajstić information content (AvgIpc) is 3.12. The normalized spacial score (nSPS) is 10.4. The van der Waals surface area contributed by atoms with Crippen LogP contribution in [0.5, 0.6) is 11.5 Å². The van der Waals surface area contributed by atoms with E-state index in [4.69, 9.17) is 14.2 Å². The number of aryl methyl sites for hydroxylation is 1. The van der Waals surface area contributed by atoms with Gasteiger partial charge in [0.2, 0.25) is 0 Å². The summed E-state index contributed by atoms with van der Waals surface area (Å²) in [6.07, 6.45) is 0.866. The standard InChI is InChI=1S/C24H25N3O4/c1-4-13-30-22-12-11-18(14-23(22)29-5-2)24(28)31-16-21-20(15-25)17(3)26-27(21)19-9-7-6-8-10-19/h6-12,14H,4-5,13,16H2,1-3H3. The number of nitrogens with zero attached hydrogens (tertiary/aromatic N) is 3. The van der Waals surface area contributed by atoms with Crippen LogP contribution in [0.2, 0.25) is 0 Å². The molecule has 1 aromatic heterocycles. The molecule has 2 aromatic carbocycles. The maximum Gasteiger partial charge on any atom is 0.338 e. The highest BCUT2D eigenvalue weighted by molar-refractivity contribution is 5.90. The van der Waals surface area contributed by atoms with Crippen molar-refractivity contribution in [1.29, 1.82) is 5.26 Å². The monoisotopic (exact) mass is 419 g/mol. The van der Waals surface area contributed by atoms with Crippen LogP contribution in [-0.2, 0) is 11.3 Å². The molecule has 0 aliphatic carbocycles. The van der Waals surface area contributed by atoms with E-state index >= 15 is 0 Å². The van der Waals surface area contributed by atoms with Gasteiger partial charge in [-0.15, -0.1) is 0 Å². The van der Waals surface area contributed by atoms with Gasteiger partial charge in [0, 0.05) is 0 Å². The molecular weight excluding hydrogens is 394 g/mol. The first-order chi connectivity index (χ1) is 15.1. The van der Waals surface area contributed by atoms with Gasteiger partial charge in [0.15, 0.2) is 11.5 Å². The van der Waals surface area contributed by atoms with Gasteiger partial charge >= 0.3 is 5.97 Å². The third kappa shape index (κ3) is 5.04. The van der Waals surface area contributed by atoms with E-state index in [2.05, 4.69) is 11.2 Å². The number of nitriles is 1. The van der Waals surface area contributed by atoms with Gasteiger partial charge in [-0.2, -0.15) is 10.4 Å². The molecular formula is C24H25N3O4. The molecule has 7 heteroatoms. The molecule has 0 aliphatic heterocycles. The van der Waals surface area contributed by atoms with Gasteiger partial charge in [-0.05, 0) is 50.6 Å². The maximum absolute atomic E-state index is 12.7. The third-order valence-corrected chi connectivity index (χ3v) is 4.55. The second-order valence-electron chi connectivity index (χ2n) is 6.79. The minimum Gasteiger partial charge on any atom is -0.490 e. The van der Waals surface area contributed by atoms with Crippen LogP contribution < -0.4 is 9.47 Å². The van der Waals surface area contributed by atoms with Crippen molar-refractivity contribution in [2.75, 3.05) is 13.2 Å². The van der Waals surface area contributed by atoms with Crippen molar-refractivity contribution in [2.24, 2.45) is 0 Å². The second-order valence-corrected chi connectivity index (χ2v) is 6.79. The van der Waals surface area contributed by atoms with Crippen molar-refractivity contribution in [2.45, 2.75) is 33.8 Å². The zero-order chi connectivity index (χ0) is 22.2. The van der Waals surface area contributed by atoms with E-state index in [0.717, 1.165) is 12.1 Å². The number of carbonyl (C=O) groups excluding carboxylic acids is 1. The number of esters is 1. The fourth-order valence-corrected chi connectivity index (χ4v) is 3.09. The topological polar surface area (TPSA) is 86.4 Å². The molecule has 0 fully saturated rings. The van der Waals surface area contributed by atoms with E-state index < -0.39 is 5.97 Å². The van der Waals surface area contributed by atoms with Crippen LogP contribution in [0, 0.1) is 18.3 Å². The highest BCUT2D eigenvalue weighted by Crippen LogP contribution is 2.29. The Bertz CT molecular complexity index is 1080. The van der Waals surface area contributed by atoms with Gasteiger partial charge in [0.05, 0.1) is 35.9 Å². The lowest BCUT2D eigenvalue weighted by molar-refractivity contribution is 0.0464. The van der Waals surface area contributed by atoms with Crippen LogP contribution in [0.1, 0.15) is 47.6 Å². The molecule has 0 bridgehead atoms. The minimum absolute atomic E-state index is 0.0878. The Hall–Kier alpha value is -3.79. The number of hydrogen-bond donors (Lipinski definition) is 0. The zero-order valence-corrected chi connectivity index (χ0v) is 17.9. The highest BCUT2D eigenvalue weighted by atomic mass is 16.5. The van der Waals surface area contributed by atoms with Gasteiger partial charge in [-0.25, -0.2) is 9.48 Å². The van der Waals surface area contributed by atoms with E-state index in [1.54, 1.807) is 29.8 Å². The molecule has 0 unspecified atom stereocenters. The molecule has 31 heavy (non-hydrogen) atoms. The Morgan fingerprint density at radius 2 is 1.87 bits per heavy atom. The van der Waals surface area contributed by atoms with Gasteiger partial charge in [-0.1, -0.05) is 25.1 Å². The zero-order valence-electron chi connectivity index (χ0n) is 17.9. The van der Waals surface area contributed by atoms with E-state index in [9.17, 15) is 10.1 Å². The van der Waals surface area contributed by atoms with Crippen LogP contribution in [0.4, 0.5) is 0 Å². The summed E-state index contributed by atoms with van der Waals surface area (Å²) >= 11 is 0. The third-order valence-electron chi connectivity index (χ3n) is 4.55. The summed E-state index contributed by atoms with van der Waals surface area (Å²) in [6.45, 7) is 6.56. The number of ether oxygens (including phenoxy) is 3. The number of benzene rings is 2. The van der Waals surface area contributed by atoms with Crippen LogP contribution in [-0.4, -0.2) is 29.0 Å². The first-order valence-corrected chi connectivity index (χ1v) is 10.2. The van der Waals surface area contributed by atoms with Crippen LogP contribution in [0.3, 0.4) is 0 Å². The van der Waals surface area contributed by atoms with Crippen molar-refractivity contribution >= 4 is 5.97 Å². The van der Waals surface area contributed by atoms with Gasteiger partial charge in [0.1, 0.15) is 18.2 Å². The van der Waals surface area contributed by atoms with E-state index in [1.807, 2.05) is 44.2 Å². The summed E-state index contributed by atoms with van der Waals surface area (Å²) in [6, 6.07) is 16.5. The molecule has 1 heterocycles. The number of aromatic nitrogens is 2. The molecule has 3 aromatic rings. The minimum atomic E-state index is -0.523. The Labute approximate surface area is 181 Å². The molecule has 0 aliphatic rings. The molecule has 0 saturated heterocycles. The second kappa shape index (κ2) is 10.3. The fraction of sp³-hybridized carbons (Fsp3) is 0.292. The maximum atomic E-state index is 12.7.